The van der Waals surface area contributed by atoms with Crippen molar-refractivity contribution in [3.8, 4) is 0 Å². The molecule has 1 aromatic heterocycles. The first-order valence-electron chi connectivity index (χ1n) is 6.36. The van der Waals surface area contributed by atoms with E-state index in [0.717, 1.165) is 29.0 Å². The van der Waals surface area contributed by atoms with Crippen LogP contribution >= 0.6 is 11.3 Å². The first-order valence-corrected chi connectivity index (χ1v) is 7.18. The molecule has 0 amide bonds. The quantitative estimate of drug-likeness (QED) is 0.853. The lowest BCUT2D eigenvalue weighted by atomic mass is 9.85. The SMILES string of the molecule is Cc1ccc(C(O)C(C)(C)C(=O)OC2CCC2)s1. The zero-order valence-corrected chi connectivity index (χ0v) is 11.9. The molecule has 1 unspecified atom stereocenters. The van der Waals surface area contributed by atoms with Crippen molar-refractivity contribution in [2.75, 3.05) is 0 Å². The van der Waals surface area contributed by atoms with Crippen molar-refractivity contribution in [1.82, 2.24) is 0 Å². The summed E-state index contributed by atoms with van der Waals surface area (Å²) in [6, 6.07) is 3.83. The van der Waals surface area contributed by atoms with E-state index in [2.05, 4.69) is 0 Å². The normalized spacial score (nSPS) is 18.2. The van der Waals surface area contributed by atoms with E-state index in [1.807, 2.05) is 19.1 Å². The van der Waals surface area contributed by atoms with Gasteiger partial charge in [-0.05, 0) is 52.2 Å². The van der Waals surface area contributed by atoms with Crippen molar-refractivity contribution in [2.45, 2.75) is 52.2 Å². The van der Waals surface area contributed by atoms with E-state index < -0.39 is 11.5 Å². The molecule has 1 fully saturated rings. The third-order valence-electron chi connectivity index (χ3n) is 3.57. The van der Waals surface area contributed by atoms with E-state index >= 15 is 0 Å². The second-order valence-electron chi connectivity index (χ2n) is 5.53. The summed E-state index contributed by atoms with van der Waals surface area (Å²) in [4.78, 5) is 14.1. The molecular formula is C14H20O3S. The average Bonchev–Trinajstić information content (AvgIpc) is 2.68. The Hall–Kier alpha value is -0.870. The molecule has 4 heteroatoms. The molecule has 0 aliphatic heterocycles. The highest BCUT2D eigenvalue weighted by molar-refractivity contribution is 7.12. The molecule has 1 heterocycles. The summed E-state index contributed by atoms with van der Waals surface area (Å²) in [5.41, 5.74) is -0.896. The van der Waals surface area contributed by atoms with Gasteiger partial charge in [-0.3, -0.25) is 4.79 Å². The molecule has 100 valence electrons. The van der Waals surface area contributed by atoms with Crippen molar-refractivity contribution in [3.63, 3.8) is 0 Å². The van der Waals surface area contributed by atoms with Crippen LogP contribution in [0.5, 0.6) is 0 Å². The lowest BCUT2D eigenvalue weighted by molar-refractivity contribution is -0.170. The summed E-state index contributed by atoms with van der Waals surface area (Å²) in [6.45, 7) is 5.47. The molecule has 1 saturated carbocycles. The molecule has 0 bridgehead atoms. The Kier molecular flexibility index (Phi) is 3.78. The highest BCUT2D eigenvalue weighted by Gasteiger charge is 2.40. The number of carbonyl (C=O) groups is 1. The van der Waals surface area contributed by atoms with Crippen molar-refractivity contribution in [1.29, 1.82) is 0 Å². The van der Waals surface area contributed by atoms with Crippen molar-refractivity contribution in [2.24, 2.45) is 5.41 Å². The van der Waals surface area contributed by atoms with Gasteiger partial charge in [0.25, 0.3) is 0 Å². The predicted octanol–water partition coefficient (Wildman–Crippen LogP) is 3.21. The maximum absolute atomic E-state index is 12.1. The molecular weight excluding hydrogens is 248 g/mol. The molecule has 1 N–H and O–H groups in total. The van der Waals surface area contributed by atoms with Gasteiger partial charge >= 0.3 is 5.97 Å². The van der Waals surface area contributed by atoms with Crippen LogP contribution in [0.15, 0.2) is 12.1 Å². The van der Waals surface area contributed by atoms with Gasteiger partial charge in [0.15, 0.2) is 0 Å². The summed E-state index contributed by atoms with van der Waals surface area (Å²) < 4.78 is 5.41. The molecule has 0 saturated heterocycles. The van der Waals surface area contributed by atoms with Crippen LogP contribution in [-0.2, 0) is 9.53 Å². The number of hydrogen-bond acceptors (Lipinski definition) is 4. The minimum atomic E-state index is -0.896. The molecule has 1 aromatic rings. The first-order chi connectivity index (χ1) is 8.41. The Morgan fingerprint density at radius 2 is 2.17 bits per heavy atom. The topological polar surface area (TPSA) is 46.5 Å². The number of rotatable bonds is 4. The second-order valence-corrected chi connectivity index (χ2v) is 6.85. The number of aryl methyl sites for hydroxylation is 1. The fraction of sp³-hybridized carbons (Fsp3) is 0.643. The summed E-state index contributed by atoms with van der Waals surface area (Å²) in [6.07, 6.45) is 2.30. The third kappa shape index (κ3) is 2.59. The lowest BCUT2D eigenvalue weighted by Crippen LogP contribution is -2.37. The summed E-state index contributed by atoms with van der Waals surface area (Å²) in [7, 11) is 0. The Bertz CT molecular complexity index is 432. The fourth-order valence-electron chi connectivity index (χ4n) is 1.86. The molecule has 0 radical (unpaired) electrons. The lowest BCUT2D eigenvalue weighted by Gasteiger charge is -2.32. The molecule has 0 spiro atoms. The van der Waals surface area contributed by atoms with E-state index in [1.54, 1.807) is 13.8 Å². The molecule has 3 nitrogen and oxygen atoms in total. The highest BCUT2D eigenvalue weighted by Crippen LogP contribution is 2.38. The van der Waals surface area contributed by atoms with E-state index in [1.165, 1.54) is 11.3 Å². The van der Waals surface area contributed by atoms with E-state index in [-0.39, 0.29) is 12.1 Å². The molecule has 2 rings (SSSR count). The van der Waals surface area contributed by atoms with Gasteiger partial charge in [0.2, 0.25) is 0 Å². The second kappa shape index (κ2) is 5.02. The summed E-state index contributed by atoms with van der Waals surface area (Å²) >= 11 is 1.52. The number of hydrogen-bond donors (Lipinski definition) is 1. The average molecular weight is 268 g/mol. The smallest absolute Gasteiger partial charge is 0.314 e. The van der Waals surface area contributed by atoms with E-state index in [9.17, 15) is 9.90 Å². The van der Waals surface area contributed by atoms with Gasteiger partial charge in [-0.2, -0.15) is 0 Å². The Morgan fingerprint density at radius 1 is 1.50 bits per heavy atom. The summed E-state index contributed by atoms with van der Waals surface area (Å²) in [5.74, 6) is -0.300. The van der Waals surface area contributed by atoms with Gasteiger partial charge in [-0.25, -0.2) is 0 Å². The van der Waals surface area contributed by atoms with E-state index in [4.69, 9.17) is 4.74 Å². The van der Waals surface area contributed by atoms with Crippen molar-refractivity contribution >= 4 is 17.3 Å². The Labute approximate surface area is 112 Å². The minimum absolute atomic E-state index is 0.0639. The van der Waals surface area contributed by atoms with Gasteiger partial charge in [0, 0.05) is 9.75 Å². The van der Waals surface area contributed by atoms with Crippen LogP contribution in [0, 0.1) is 12.3 Å². The number of ether oxygens (including phenoxy) is 1. The van der Waals surface area contributed by atoms with Crippen LogP contribution < -0.4 is 0 Å². The van der Waals surface area contributed by atoms with Gasteiger partial charge in [-0.15, -0.1) is 11.3 Å². The monoisotopic (exact) mass is 268 g/mol. The number of aliphatic hydroxyl groups is 1. The van der Waals surface area contributed by atoms with Gasteiger partial charge in [0.05, 0.1) is 5.41 Å². The highest BCUT2D eigenvalue weighted by atomic mass is 32.1. The van der Waals surface area contributed by atoms with Gasteiger partial charge in [0.1, 0.15) is 12.2 Å². The number of thiophene rings is 1. The van der Waals surface area contributed by atoms with Crippen LogP contribution in [0.25, 0.3) is 0 Å². The molecule has 1 aliphatic rings. The Morgan fingerprint density at radius 3 is 2.61 bits per heavy atom. The zero-order valence-electron chi connectivity index (χ0n) is 11.1. The molecule has 18 heavy (non-hydrogen) atoms. The maximum atomic E-state index is 12.1. The number of esters is 1. The predicted molar refractivity (Wildman–Crippen MR) is 71.5 cm³/mol. The van der Waals surface area contributed by atoms with Crippen LogP contribution in [0.4, 0.5) is 0 Å². The maximum Gasteiger partial charge on any atom is 0.314 e. The van der Waals surface area contributed by atoms with Crippen LogP contribution in [0.1, 0.15) is 49.0 Å². The number of aliphatic hydroxyl groups excluding tert-OH is 1. The third-order valence-corrected chi connectivity index (χ3v) is 4.62. The largest absolute Gasteiger partial charge is 0.462 e. The standard InChI is InChI=1S/C14H20O3S/c1-9-7-8-11(18-9)12(15)14(2,3)13(16)17-10-5-4-6-10/h7-8,10,12,15H,4-6H2,1-3H3. The fourth-order valence-corrected chi connectivity index (χ4v) is 2.91. The number of carbonyl (C=O) groups excluding carboxylic acids is 1. The zero-order chi connectivity index (χ0) is 13.3. The molecule has 1 atom stereocenters. The van der Waals surface area contributed by atoms with Crippen LogP contribution in [0.2, 0.25) is 0 Å². The van der Waals surface area contributed by atoms with Crippen LogP contribution in [-0.4, -0.2) is 17.2 Å². The molecule has 1 aliphatic carbocycles. The van der Waals surface area contributed by atoms with Gasteiger partial charge < -0.3 is 9.84 Å². The van der Waals surface area contributed by atoms with Crippen molar-refractivity contribution in [3.05, 3.63) is 21.9 Å². The molecule has 0 aromatic carbocycles. The first kappa shape index (κ1) is 13.6. The van der Waals surface area contributed by atoms with Crippen molar-refractivity contribution < 1.29 is 14.6 Å². The Balaban J connectivity index is 2.06. The minimum Gasteiger partial charge on any atom is -0.462 e. The van der Waals surface area contributed by atoms with E-state index in [0.29, 0.717) is 0 Å². The van der Waals surface area contributed by atoms with Gasteiger partial charge in [-0.1, -0.05) is 0 Å². The van der Waals surface area contributed by atoms with Crippen LogP contribution in [0.3, 0.4) is 0 Å². The summed E-state index contributed by atoms with van der Waals surface area (Å²) in [5, 5.41) is 10.3.